The van der Waals surface area contributed by atoms with Crippen LogP contribution in [-0.4, -0.2) is 37.3 Å². The number of nitrogens with zero attached hydrogens (tertiary/aromatic N) is 4. The summed E-state index contributed by atoms with van der Waals surface area (Å²) in [6, 6.07) is 16.8. The van der Waals surface area contributed by atoms with Gasteiger partial charge in [0.25, 0.3) is 5.91 Å². The van der Waals surface area contributed by atoms with Crippen molar-refractivity contribution in [3.05, 3.63) is 76.9 Å². The van der Waals surface area contributed by atoms with Crippen LogP contribution in [0.3, 0.4) is 0 Å². The van der Waals surface area contributed by atoms with Crippen molar-refractivity contribution in [1.82, 2.24) is 25.1 Å². The van der Waals surface area contributed by atoms with Gasteiger partial charge in [-0.1, -0.05) is 59.8 Å². The number of hydrogen-bond acceptors (Lipinski definition) is 7. The molecule has 4 aromatic rings. The van der Waals surface area contributed by atoms with Crippen molar-refractivity contribution in [2.24, 2.45) is 7.05 Å². The third-order valence-electron chi connectivity index (χ3n) is 5.07. The molecule has 34 heavy (non-hydrogen) atoms. The number of benzene rings is 2. The number of rotatable bonds is 8. The van der Waals surface area contributed by atoms with E-state index in [0.29, 0.717) is 21.7 Å². The summed E-state index contributed by atoms with van der Waals surface area (Å²) in [6.45, 7) is 3.88. The Morgan fingerprint density at radius 1 is 1.09 bits per heavy atom. The van der Waals surface area contributed by atoms with Crippen LogP contribution < -0.4 is 10.6 Å². The van der Waals surface area contributed by atoms with Gasteiger partial charge < -0.3 is 15.2 Å². The average Bonchev–Trinajstić information content (AvgIpc) is 3.45. The number of amides is 2. The van der Waals surface area contributed by atoms with E-state index in [0.717, 1.165) is 11.3 Å². The van der Waals surface area contributed by atoms with Gasteiger partial charge in [0.05, 0.1) is 17.5 Å². The second-order valence-electron chi connectivity index (χ2n) is 7.70. The van der Waals surface area contributed by atoms with Crippen LogP contribution in [0.15, 0.2) is 65.1 Å². The highest BCUT2D eigenvalue weighted by Crippen LogP contribution is 2.26. The zero-order valence-corrected chi connectivity index (χ0v) is 20.6. The van der Waals surface area contributed by atoms with Crippen molar-refractivity contribution in [2.45, 2.75) is 25.0 Å². The van der Waals surface area contributed by atoms with Crippen LogP contribution in [0, 0.1) is 6.92 Å². The molecule has 0 aliphatic rings. The Morgan fingerprint density at radius 2 is 1.82 bits per heavy atom. The van der Waals surface area contributed by atoms with Crippen molar-refractivity contribution in [3.8, 4) is 11.3 Å². The predicted octanol–water partition coefficient (Wildman–Crippen LogP) is 4.47. The Morgan fingerprint density at radius 3 is 2.56 bits per heavy atom. The van der Waals surface area contributed by atoms with Crippen LogP contribution in [0.25, 0.3) is 11.3 Å². The molecule has 10 heteroatoms. The summed E-state index contributed by atoms with van der Waals surface area (Å²) in [5.74, 6) is 0.411. The van der Waals surface area contributed by atoms with Crippen LogP contribution in [0.1, 0.15) is 34.7 Å². The smallest absolute Gasteiger partial charge is 0.251 e. The number of nitrogens with one attached hydrogen (secondary N) is 2. The first kappa shape index (κ1) is 23.7. The fourth-order valence-electron chi connectivity index (χ4n) is 3.24. The minimum Gasteiger partial charge on any atom is -0.342 e. The molecule has 2 heterocycles. The molecular formula is C24H24N6O2S2. The van der Waals surface area contributed by atoms with Gasteiger partial charge in [-0.15, -0.1) is 21.5 Å². The molecular weight excluding hydrogens is 468 g/mol. The quantitative estimate of drug-likeness (QED) is 0.352. The first-order valence-corrected chi connectivity index (χ1v) is 12.5. The maximum atomic E-state index is 12.5. The second kappa shape index (κ2) is 10.6. The van der Waals surface area contributed by atoms with Crippen molar-refractivity contribution in [1.29, 1.82) is 0 Å². The zero-order valence-electron chi connectivity index (χ0n) is 19.0. The van der Waals surface area contributed by atoms with Crippen LogP contribution >= 0.6 is 23.1 Å². The van der Waals surface area contributed by atoms with Gasteiger partial charge in [0.15, 0.2) is 16.1 Å². The second-order valence-corrected chi connectivity index (χ2v) is 9.50. The van der Waals surface area contributed by atoms with Crippen LogP contribution in [0.4, 0.5) is 5.13 Å². The zero-order chi connectivity index (χ0) is 24.1. The number of carbonyl (C=O) groups excluding carboxylic acids is 2. The lowest BCUT2D eigenvalue weighted by Gasteiger charge is -2.13. The molecule has 2 amide bonds. The molecule has 0 unspecified atom stereocenters. The van der Waals surface area contributed by atoms with Gasteiger partial charge in [0.2, 0.25) is 5.91 Å². The van der Waals surface area contributed by atoms with Gasteiger partial charge in [-0.05, 0) is 26.0 Å². The molecule has 0 fully saturated rings. The summed E-state index contributed by atoms with van der Waals surface area (Å²) in [6.07, 6.45) is 0. The molecule has 174 valence electrons. The number of carbonyl (C=O) groups is 2. The van der Waals surface area contributed by atoms with Crippen molar-refractivity contribution in [2.75, 3.05) is 11.1 Å². The first-order valence-electron chi connectivity index (χ1n) is 10.6. The Bertz CT molecular complexity index is 1280. The van der Waals surface area contributed by atoms with E-state index in [1.54, 1.807) is 16.7 Å². The van der Waals surface area contributed by atoms with Gasteiger partial charge in [-0.2, -0.15) is 0 Å². The summed E-state index contributed by atoms with van der Waals surface area (Å²) in [5.41, 5.74) is 3.61. The molecule has 0 saturated heterocycles. The van der Waals surface area contributed by atoms with Gasteiger partial charge in [-0.25, -0.2) is 4.98 Å². The van der Waals surface area contributed by atoms with E-state index in [2.05, 4.69) is 25.8 Å². The maximum absolute atomic E-state index is 12.5. The molecule has 0 saturated carbocycles. The van der Waals surface area contributed by atoms with Gasteiger partial charge in [-0.3, -0.25) is 9.59 Å². The largest absolute Gasteiger partial charge is 0.342 e. The monoisotopic (exact) mass is 492 g/mol. The van der Waals surface area contributed by atoms with E-state index >= 15 is 0 Å². The van der Waals surface area contributed by atoms with Crippen molar-refractivity contribution in [3.63, 3.8) is 0 Å². The van der Waals surface area contributed by atoms with E-state index in [-0.39, 0.29) is 23.6 Å². The summed E-state index contributed by atoms with van der Waals surface area (Å²) in [5, 5.41) is 17.2. The SMILES string of the molecule is Cc1ccc(-c2csc(NC(=O)CSc3nnc([C@@H](C)NC(=O)c4ccccc4)n3C)n2)cc1. The number of aryl methyl sites for hydroxylation is 1. The molecule has 4 rings (SSSR count). The molecule has 0 bridgehead atoms. The Labute approximate surface area is 205 Å². The molecule has 1 atom stereocenters. The van der Waals surface area contributed by atoms with E-state index < -0.39 is 0 Å². The minimum absolute atomic E-state index is 0.163. The third kappa shape index (κ3) is 5.70. The Hall–Kier alpha value is -3.50. The van der Waals surface area contributed by atoms with Crippen LogP contribution in [0.5, 0.6) is 0 Å². The number of hydrogen-bond donors (Lipinski definition) is 2. The van der Waals surface area contributed by atoms with Crippen molar-refractivity contribution < 1.29 is 9.59 Å². The van der Waals surface area contributed by atoms with Gasteiger partial charge in [0, 0.05) is 23.6 Å². The lowest BCUT2D eigenvalue weighted by Crippen LogP contribution is -2.28. The molecule has 0 aliphatic heterocycles. The van der Waals surface area contributed by atoms with E-state index in [9.17, 15) is 9.59 Å². The van der Waals surface area contributed by atoms with E-state index in [1.807, 2.05) is 68.7 Å². The average molecular weight is 493 g/mol. The van der Waals surface area contributed by atoms with E-state index in [1.165, 1.54) is 28.7 Å². The molecule has 8 nitrogen and oxygen atoms in total. The minimum atomic E-state index is -0.344. The Balaban J connectivity index is 1.31. The molecule has 0 spiro atoms. The normalized spacial score (nSPS) is 11.7. The van der Waals surface area contributed by atoms with Gasteiger partial charge >= 0.3 is 0 Å². The lowest BCUT2D eigenvalue weighted by molar-refractivity contribution is -0.113. The fraction of sp³-hybridized carbons (Fsp3) is 0.208. The van der Waals surface area contributed by atoms with Crippen LogP contribution in [0.2, 0.25) is 0 Å². The first-order chi connectivity index (χ1) is 16.4. The molecule has 2 aromatic heterocycles. The van der Waals surface area contributed by atoms with Crippen LogP contribution in [-0.2, 0) is 11.8 Å². The lowest BCUT2D eigenvalue weighted by atomic mass is 10.1. The van der Waals surface area contributed by atoms with Gasteiger partial charge in [0.1, 0.15) is 0 Å². The molecule has 2 N–H and O–H groups in total. The highest BCUT2D eigenvalue weighted by Gasteiger charge is 2.19. The number of anilines is 1. The highest BCUT2D eigenvalue weighted by atomic mass is 32.2. The summed E-state index contributed by atoms with van der Waals surface area (Å²) < 4.78 is 1.78. The highest BCUT2D eigenvalue weighted by molar-refractivity contribution is 7.99. The standard InChI is InChI=1S/C24H24N6O2S2/c1-15-9-11-17(12-10-15)19-13-33-23(26-19)27-20(31)14-34-24-29-28-21(30(24)3)16(2)25-22(32)18-7-5-4-6-8-18/h4-13,16H,14H2,1-3H3,(H,25,32)(H,26,27,31)/t16-/m1/s1. The Kier molecular flexibility index (Phi) is 7.39. The molecule has 0 radical (unpaired) electrons. The van der Waals surface area contributed by atoms with Crippen molar-refractivity contribution >= 4 is 40.0 Å². The predicted molar refractivity (Wildman–Crippen MR) is 135 cm³/mol. The molecule has 2 aromatic carbocycles. The number of thioether (sulfide) groups is 1. The third-order valence-corrected chi connectivity index (χ3v) is 6.85. The topological polar surface area (TPSA) is 102 Å². The summed E-state index contributed by atoms with van der Waals surface area (Å²) in [4.78, 5) is 29.4. The van der Waals surface area contributed by atoms with E-state index in [4.69, 9.17) is 0 Å². The number of aromatic nitrogens is 4. The summed E-state index contributed by atoms with van der Waals surface area (Å²) >= 11 is 2.66. The maximum Gasteiger partial charge on any atom is 0.251 e. The number of thiazole rings is 1. The molecule has 0 aliphatic carbocycles. The summed E-state index contributed by atoms with van der Waals surface area (Å²) in [7, 11) is 1.81. The fourth-order valence-corrected chi connectivity index (χ4v) is 4.69.